The third kappa shape index (κ3) is 11.0. The minimum Gasteiger partial charge on any atom is -0.478 e. The van der Waals surface area contributed by atoms with Crippen LogP contribution in [-0.2, 0) is 40.7 Å². The fourth-order valence-corrected chi connectivity index (χ4v) is 6.04. The highest BCUT2D eigenvalue weighted by Gasteiger charge is 2.30. The Morgan fingerprint density at radius 2 is 1.47 bits per heavy atom. The molecule has 0 radical (unpaired) electrons. The van der Waals surface area contributed by atoms with E-state index in [0.29, 0.717) is 49.0 Å². The number of aryl methyl sites for hydroxylation is 1. The quantitative estimate of drug-likeness (QED) is 0.142. The number of methoxy groups -OCH3 is 1. The summed E-state index contributed by atoms with van der Waals surface area (Å²) in [6.07, 6.45) is -1.91. The highest BCUT2D eigenvalue weighted by atomic mass is 19.4. The van der Waals surface area contributed by atoms with Gasteiger partial charge in [-0.25, -0.2) is 14.6 Å². The van der Waals surface area contributed by atoms with E-state index in [1.807, 2.05) is 34.7 Å². The van der Waals surface area contributed by atoms with Crippen molar-refractivity contribution in [2.75, 3.05) is 45.2 Å². The first-order chi connectivity index (χ1) is 27.1. The predicted molar refractivity (Wildman–Crippen MR) is 204 cm³/mol. The van der Waals surface area contributed by atoms with E-state index in [2.05, 4.69) is 34.1 Å². The highest BCUT2D eigenvalue weighted by Crippen LogP contribution is 2.31. The Kier molecular flexibility index (Phi) is 13.4. The fraction of sp³-hybridized carbons (Fsp3) is 0.244. The summed E-state index contributed by atoms with van der Waals surface area (Å²) in [6, 6.07) is 23.1. The second-order valence-corrected chi connectivity index (χ2v) is 13.0. The van der Waals surface area contributed by atoms with E-state index >= 15 is 0 Å². The molecule has 0 atom stereocenters. The molecule has 0 saturated carbocycles. The molecule has 5 aromatic rings. The Morgan fingerprint density at radius 1 is 0.842 bits per heavy atom. The molecule has 0 aliphatic carbocycles. The molecule has 3 heterocycles. The van der Waals surface area contributed by atoms with Crippen molar-refractivity contribution in [2.24, 2.45) is 7.05 Å². The van der Waals surface area contributed by atoms with Crippen molar-refractivity contribution in [1.82, 2.24) is 19.4 Å². The SMILES string of the molecule is COCc1ccc(CN2CCN(C(=O)c3cc4cc(Oc5ccc(N(C)C(=O)c6ccc(C(F)(F)F)cc6)cn5)ccc4n3C)CC2)cc1.O=C(O)/C=C\C(=O)O. The largest absolute Gasteiger partial charge is 0.478 e. The Bertz CT molecular complexity index is 2210. The van der Waals surface area contributed by atoms with E-state index < -0.39 is 29.6 Å². The number of hydrogen-bond donors (Lipinski definition) is 2. The molecule has 2 N–H and O–H groups in total. The van der Waals surface area contributed by atoms with Crippen LogP contribution in [0.4, 0.5) is 18.9 Å². The van der Waals surface area contributed by atoms with Gasteiger partial charge < -0.3 is 34.1 Å². The third-order valence-corrected chi connectivity index (χ3v) is 9.10. The van der Waals surface area contributed by atoms with Crippen LogP contribution in [0.2, 0.25) is 0 Å². The van der Waals surface area contributed by atoms with Crippen LogP contribution in [0.1, 0.15) is 37.5 Å². The van der Waals surface area contributed by atoms with Crippen LogP contribution in [0.3, 0.4) is 0 Å². The van der Waals surface area contributed by atoms with Gasteiger partial charge in [-0.3, -0.25) is 14.5 Å². The second-order valence-electron chi connectivity index (χ2n) is 13.0. The maximum absolute atomic E-state index is 13.6. The number of alkyl halides is 3. The molecule has 1 aliphatic heterocycles. The zero-order valence-electron chi connectivity index (χ0n) is 31.3. The molecular formula is C41H40F3N5O8. The van der Waals surface area contributed by atoms with Crippen LogP contribution in [0.25, 0.3) is 10.9 Å². The van der Waals surface area contributed by atoms with Gasteiger partial charge in [0, 0.05) is 88.6 Å². The van der Waals surface area contributed by atoms with E-state index in [0.717, 1.165) is 60.4 Å². The lowest BCUT2D eigenvalue weighted by Crippen LogP contribution is -2.48. The van der Waals surface area contributed by atoms with Crippen molar-refractivity contribution >= 4 is 40.3 Å². The van der Waals surface area contributed by atoms with Crippen molar-refractivity contribution in [1.29, 1.82) is 0 Å². The first kappa shape index (κ1) is 41.6. The van der Waals surface area contributed by atoms with Crippen molar-refractivity contribution in [3.8, 4) is 11.6 Å². The molecule has 0 bridgehead atoms. The molecule has 2 amide bonds. The van der Waals surface area contributed by atoms with E-state index in [1.54, 1.807) is 25.3 Å². The van der Waals surface area contributed by atoms with Crippen LogP contribution in [-0.4, -0.2) is 93.7 Å². The summed E-state index contributed by atoms with van der Waals surface area (Å²) in [4.78, 5) is 55.4. The Hall–Kier alpha value is -6.52. The van der Waals surface area contributed by atoms with Crippen molar-refractivity contribution in [2.45, 2.75) is 19.3 Å². The van der Waals surface area contributed by atoms with Gasteiger partial charge >= 0.3 is 18.1 Å². The molecule has 2 aromatic heterocycles. The summed E-state index contributed by atoms with van der Waals surface area (Å²) in [5.74, 6) is -2.20. The number of carboxylic acids is 2. The number of fused-ring (bicyclic) bond motifs is 1. The number of aliphatic carboxylic acids is 2. The number of carbonyl (C=O) groups excluding carboxylic acids is 2. The van der Waals surface area contributed by atoms with Gasteiger partial charge in [-0.2, -0.15) is 13.2 Å². The zero-order valence-corrected chi connectivity index (χ0v) is 31.3. The first-order valence-electron chi connectivity index (χ1n) is 17.5. The summed E-state index contributed by atoms with van der Waals surface area (Å²) < 4.78 is 51.7. The lowest BCUT2D eigenvalue weighted by Gasteiger charge is -2.34. The Morgan fingerprint density at radius 3 is 2.04 bits per heavy atom. The Balaban J connectivity index is 0.000000701. The third-order valence-electron chi connectivity index (χ3n) is 9.10. The molecule has 57 heavy (non-hydrogen) atoms. The van der Waals surface area contributed by atoms with Gasteiger partial charge in [-0.1, -0.05) is 24.3 Å². The average molecular weight is 788 g/mol. The monoisotopic (exact) mass is 787 g/mol. The lowest BCUT2D eigenvalue weighted by molar-refractivity contribution is -0.137. The Labute approximate surface area is 325 Å². The molecule has 298 valence electrons. The molecule has 13 nitrogen and oxygen atoms in total. The van der Waals surface area contributed by atoms with Gasteiger partial charge in [-0.05, 0) is 65.7 Å². The standard InChI is InChI=1S/C37H36F3N5O4.C4H4O4/c1-42(35(46)27-8-10-29(11-9-27)37(38,39)40)30-12-15-34(41-22-30)49-31-13-14-32-28(20-31)21-33(43(32)2)36(47)45-18-16-44(17-19-45)23-25-4-6-26(7-5-25)24-48-3;5-3(6)1-2-4(7)8/h4-15,20-22H,16-19,23-24H2,1-3H3;1-2H,(H,5,6)(H,7,8)/b;2-1-. The summed E-state index contributed by atoms with van der Waals surface area (Å²) in [5.41, 5.74) is 3.59. The van der Waals surface area contributed by atoms with E-state index in [-0.39, 0.29) is 17.4 Å². The molecular weight excluding hydrogens is 747 g/mol. The van der Waals surface area contributed by atoms with Crippen molar-refractivity contribution in [3.05, 3.63) is 131 Å². The van der Waals surface area contributed by atoms with Gasteiger partial charge in [0.25, 0.3) is 11.8 Å². The molecule has 0 spiro atoms. The van der Waals surface area contributed by atoms with Gasteiger partial charge in [0.15, 0.2) is 0 Å². The zero-order chi connectivity index (χ0) is 41.3. The van der Waals surface area contributed by atoms with Crippen LogP contribution >= 0.6 is 0 Å². The molecule has 1 aliphatic rings. The van der Waals surface area contributed by atoms with Gasteiger partial charge in [0.05, 0.1) is 24.1 Å². The lowest BCUT2D eigenvalue weighted by atomic mass is 10.1. The van der Waals surface area contributed by atoms with Crippen molar-refractivity contribution < 1.29 is 52.0 Å². The molecule has 16 heteroatoms. The number of amides is 2. The number of benzene rings is 3. The smallest absolute Gasteiger partial charge is 0.416 e. The summed E-state index contributed by atoms with van der Waals surface area (Å²) >= 11 is 0. The van der Waals surface area contributed by atoms with Crippen molar-refractivity contribution in [3.63, 3.8) is 0 Å². The van der Waals surface area contributed by atoms with Gasteiger partial charge in [-0.15, -0.1) is 0 Å². The minimum absolute atomic E-state index is 0.0167. The number of nitrogens with zero attached hydrogens (tertiary/aromatic N) is 5. The number of carboxylic acid groups (broad SMARTS) is 2. The maximum atomic E-state index is 13.6. The summed E-state index contributed by atoms with van der Waals surface area (Å²) in [6.45, 7) is 4.29. The first-order valence-corrected chi connectivity index (χ1v) is 17.5. The summed E-state index contributed by atoms with van der Waals surface area (Å²) in [5, 5.41) is 16.5. The number of hydrogen-bond acceptors (Lipinski definition) is 8. The van der Waals surface area contributed by atoms with E-state index in [1.165, 1.54) is 23.7 Å². The fourth-order valence-electron chi connectivity index (χ4n) is 6.04. The maximum Gasteiger partial charge on any atom is 0.416 e. The van der Waals surface area contributed by atoms with Crippen LogP contribution in [0, 0.1) is 0 Å². The van der Waals surface area contributed by atoms with Crippen LogP contribution in [0.15, 0.2) is 103 Å². The van der Waals surface area contributed by atoms with Crippen LogP contribution in [0.5, 0.6) is 11.6 Å². The number of aromatic nitrogens is 2. The number of pyridine rings is 1. The second kappa shape index (κ2) is 18.4. The predicted octanol–water partition coefficient (Wildman–Crippen LogP) is 6.48. The number of piperazine rings is 1. The van der Waals surface area contributed by atoms with E-state index in [4.69, 9.17) is 19.7 Å². The molecule has 1 fully saturated rings. The minimum atomic E-state index is -4.48. The number of carbonyl (C=O) groups is 4. The normalized spacial score (nSPS) is 13.3. The number of ether oxygens (including phenoxy) is 2. The summed E-state index contributed by atoms with van der Waals surface area (Å²) in [7, 11) is 5.08. The molecule has 6 rings (SSSR count). The number of halogens is 3. The van der Waals surface area contributed by atoms with Gasteiger partial charge in [0.1, 0.15) is 11.4 Å². The number of anilines is 1. The molecule has 0 unspecified atom stereocenters. The molecule has 3 aromatic carbocycles. The highest BCUT2D eigenvalue weighted by molar-refractivity contribution is 6.05. The average Bonchev–Trinajstić information content (AvgIpc) is 3.52. The molecule has 1 saturated heterocycles. The van der Waals surface area contributed by atoms with Gasteiger partial charge in [0.2, 0.25) is 5.88 Å². The topological polar surface area (TPSA) is 155 Å². The van der Waals surface area contributed by atoms with E-state index in [9.17, 15) is 32.3 Å². The van der Waals surface area contributed by atoms with Crippen LogP contribution < -0.4 is 9.64 Å². The number of rotatable bonds is 11.